The SMILES string of the molecule is CCCN1CCC(c2ccc(C(=O)N[C@@H](CC(C)C)C(=O)N3C[C@@H](N=[N+]=[N-])[C@H]4OCC(=O)[C@H]43)cc2)CC1. The van der Waals surface area contributed by atoms with Crippen LogP contribution in [0.25, 0.3) is 10.4 Å². The molecule has 0 unspecified atom stereocenters. The monoisotopic (exact) mass is 510 g/mol. The van der Waals surface area contributed by atoms with Crippen molar-refractivity contribution in [2.24, 2.45) is 11.0 Å². The van der Waals surface area contributed by atoms with Gasteiger partial charge in [-0.05, 0) is 80.4 Å². The van der Waals surface area contributed by atoms with Crippen molar-refractivity contribution >= 4 is 17.6 Å². The van der Waals surface area contributed by atoms with E-state index in [0.717, 1.165) is 32.5 Å². The number of fused-ring (bicyclic) bond motifs is 1. The van der Waals surface area contributed by atoms with Gasteiger partial charge in [-0.1, -0.05) is 38.0 Å². The maximum Gasteiger partial charge on any atom is 0.251 e. The lowest BCUT2D eigenvalue weighted by Gasteiger charge is -2.32. The number of hydrogen-bond donors (Lipinski definition) is 1. The summed E-state index contributed by atoms with van der Waals surface area (Å²) in [4.78, 5) is 46.0. The van der Waals surface area contributed by atoms with Gasteiger partial charge in [-0.3, -0.25) is 14.4 Å². The number of azide groups is 1. The average Bonchev–Trinajstić information content (AvgIpc) is 3.44. The van der Waals surface area contributed by atoms with Crippen molar-refractivity contribution in [1.82, 2.24) is 15.1 Å². The van der Waals surface area contributed by atoms with E-state index < -0.39 is 24.2 Å². The van der Waals surface area contributed by atoms with Crippen molar-refractivity contribution in [1.29, 1.82) is 0 Å². The number of nitrogens with zero attached hydrogens (tertiary/aromatic N) is 5. The van der Waals surface area contributed by atoms with Crippen molar-refractivity contribution in [2.75, 3.05) is 32.8 Å². The molecular weight excluding hydrogens is 472 g/mol. The number of carbonyl (C=O) groups excluding carboxylic acids is 3. The number of piperidine rings is 1. The standard InChI is InChI=1S/C27H38N6O4/c1-4-11-32-12-9-19(10-13-32)18-5-7-20(8-6-18)26(35)29-21(14-17(2)3)27(36)33-15-22(30-31-28)25-24(33)23(34)16-37-25/h5-8,17,19,21-22,24-25H,4,9-16H2,1-3H3,(H,29,35)/t21-,22+,24+,25+/m0/s1. The average molecular weight is 511 g/mol. The fourth-order valence-electron chi connectivity index (χ4n) is 5.87. The molecule has 10 nitrogen and oxygen atoms in total. The van der Waals surface area contributed by atoms with Gasteiger partial charge in [0.1, 0.15) is 18.7 Å². The van der Waals surface area contributed by atoms with E-state index in [1.807, 2.05) is 38.1 Å². The number of nitrogens with one attached hydrogen (secondary N) is 1. The second-order valence-corrected chi connectivity index (χ2v) is 10.8. The molecule has 0 saturated carbocycles. The molecular formula is C27H38N6O4. The summed E-state index contributed by atoms with van der Waals surface area (Å²) in [5, 5.41) is 6.65. The summed E-state index contributed by atoms with van der Waals surface area (Å²) in [6.07, 6.45) is 3.20. The molecule has 0 spiro atoms. The van der Waals surface area contributed by atoms with Crippen LogP contribution in [0.4, 0.5) is 0 Å². The Morgan fingerprint density at radius 2 is 1.92 bits per heavy atom. The van der Waals surface area contributed by atoms with Crippen molar-refractivity contribution < 1.29 is 19.1 Å². The Labute approximate surface area is 218 Å². The van der Waals surface area contributed by atoms with Gasteiger partial charge in [0.05, 0.1) is 12.1 Å². The Balaban J connectivity index is 1.43. The van der Waals surface area contributed by atoms with Gasteiger partial charge < -0.3 is 19.9 Å². The molecule has 0 aromatic heterocycles. The smallest absolute Gasteiger partial charge is 0.251 e. The fourth-order valence-corrected chi connectivity index (χ4v) is 5.87. The number of amides is 2. The van der Waals surface area contributed by atoms with Crippen LogP contribution in [0.15, 0.2) is 29.4 Å². The molecule has 4 atom stereocenters. The predicted octanol–water partition coefficient (Wildman–Crippen LogP) is 3.28. The molecule has 3 aliphatic rings. The Hall–Kier alpha value is -2.94. The van der Waals surface area contributed by atoms with Gasteiger partial charge in [-0.15, -0.1) is 0 Å². The predicted molar refractivity (Wildman–Crippen MR) is 139 cm³/mol. The molecule has 2 amide bonds. The van der Waals surface area contributed by atoms with Gasteiger partial charge in [-0.2, -0.15) is 0 Å². The van der Waals surface area contributed by atoms with E-state index in [-0.39, 0.29) is 36.7 Å². The summed E-state index contributed by atoms with van der Waals surface area (Å²) in [5.41, 5.74) is 10.6. The number of benzene rings is 1. The van der Waals surface area contributed by atoms with Crippen LogP contribution >= 0.6 is 0 Å². The lowest BCUT2D eigenvalue weighted by molar-refractivity contribution is -0.138. The fraction of sp³-hybridized carbons (Fsp3) is 0.667. The normalized spacial score (nSPS) is 25.1. The summed E-state index contributed by atoms with van der Waals surface area (Å²) in [5.74, 6) is -0.239. The summed E-state index contributed by atoms with van der Waals surface area (Å²) in [6, 6.07) is 5.51. The number of rotatable bonds is 9. The number of hydrogen-bond acceptors (Lipinski definition) is 6. The van der Waals surface area contributed by atoms with Gasteiger partial charge >= 0.3 is 0 Å². The highest BCUT2D eigenvalue weighted by Gasteiger charge is 2.53. The van der Waals surface area contributed by atoms with E-state index in [4.69, 9.17) is 10.3 Å². The zero-order chi connectivity index (χ0) is 26.5. The Morgan fingerprint density at radius 1 is 1.22 bits per heavy atom. The largest absolute Gasteiger partial charge is 0.367 e. The van der Waals surface area contributed by atoms with Crippen LogP contribution in [0, 0.1) is 5.92 Å². The summed E-state index contributed by atoms with van der Waals surface area (Å²) in [6.45, 7) is 9.51. The Kier molecular flexibility index (Phi) is 8.84. The molecule has 1 aromatic carbocycles. The molecule has 3 fully saturated rings. The van der Waals surface area contributed by atoms with E-state index in [0.29, 0.717) is 17.9 Å². The Bertz CT molecular complexity index is 1030. The van der Waals surface area contributed by atoms with E-state index in [2.05, 4.69) is 27.2 Å². The number of ether oxygens (including phenoxy) is 1. The summed E-state index contributed by atoms with van der Waals surface area (Å²) < 4.78 is 5.53. The van der Waals surface area contributed by atoms with Gasteiger partial charge in [0.2, 0.25) is 5.91 Å². The number of ketones is 1. The highest BCUT2D eigenvalue weighted by molar-refractivity contribution is 5.99. The number of Topliss-reactive ketones (excluding diaryl/α,β-unsaturated/α-hetero) is 1. The third-order valence-corrected chi connectivity index (χ3v) is 7.72. The van der Waals surface area contributed by atoms with Gasteiger partial charge in [0.15, 0.2) is 5.78 Å². The molecule has 0 aliphatic carbocycles. The minimum Gasteiger partial charge on any atom is -0.367 e. The molecule has 3 saturated heterocycles. The minimum atomic E-state index is -0.797. The molecule has 10 heteroatoms. The van der Waals surface area contributed by atoms with Crippen molar-refractivity contribution in [3.63, 3.8) is 0 Å². The second-order valence-electron chi connectivity index (χ2n) is 10.8. The van der Waals surface area contributed by atoms with Crippen LogP contribution in [-0.4, -0.2) is 84.4 Å². The summed E-state index contributed by atoms with van der Waals surface area (Å²) in [7, 11) is 0. The van der Waals surface area contributed by atoms with Crippen LogP contribution < -0.4 is 5.32 Å². The van der Waals surface area contributed by atoms with Crippen LogP contribution in [0.3, 0.4) is 0 Å². The van der Waals surface area contributed by atoms with Gasteiger partial charge in [0.25, 0.3) is 5.91 Å². The van der Waals surface area contributed by atoms with Crippen molar-refractivity contribution in [3.05, 3.63) is 45.8 Å². The highest BCUT2D eigenvalue weighted by atomic mass is 16.5. The molecule has 4 rings (SSSR count). The molecule has 37 heavy (non-hydrogen) atoms. The maximum atomic E-state index is 13.6. The van der Waals surface area contributed by atoms with Crippen LogP contribution in [0.1, 0.15) is 68.3 Å². The lowest BCUT2D eigenvalue weighted by Crippen LogP contribution is -2.52. The first kappa shape index (κ1) is 27.1. The van der Waals surface area contributed by atoms with Gasteiger partial charge in [-0.25, -0.2) is 0 Å². The first-order valence-electron chi connectivity index (χ1n) is 13.4. The molecule has 1 N–H and O–H groups in total. The zero-order valence-corrected chi connectivity index (χ0v) is 22.0. The summed E-state index contributed by atoms with van der Waals surface area (Å²) >= 11 is 0. The molecule has 200 valence electrons. The third-order valence-electron chi connectivity index (χ3n) is 7.72. The number of carbonyl (C=O) groups is 3. The topological polar surface area (TPSA) is 128 Å². The van der Waals surface area contributed by atoms with Crippen molar-refractivity contribution in [3.8, 4) is 0 Å². The molecule has 0 radical (unpaired) electrons. The first-order chi connectivity index (χ1) is 17.8. The van der Waals surface area contributed by atoms with Crippen LogP contribution in [0.5, 0.6) is 0 Å². The van der Waals surface area contributed by atoms with Crippen molar-refractivity contribution in [2.45, 2.75) is 76.6 Å². The highest BCUT2D eigenvalue weighted by Crippen LogP contribution is 2.31. The van der Waals surface area contributed by atoms with Gasteiger partial charge in [0, 0.05) is 17.0 Å². The zero-order valence-electron chi connectivity index (χ0n) is 22.0. The Morgan fingerprint density at radius 3 is 2.54 bits per heavy atom. The number of likely N-dealkylation sites (tertiary alicyclic amines) is 2. The molecule has 3 heterocycles. The second kappa shape index (κ2) is 12.1. The van der Waals surface area contributed by atoms with E-state index in [1.165, 1.54) is 16.9 Å². The molecule has 0 bridgehead atoms. The van der Waals surface area contributed by atoms with Crippen LogP contribution in [0.2, 0.25) is 0 Å². The molecule has 1 aromatic rings. The van der Waals surface area contributed by atoms with E-state index in [1.54, 1.807) is 0 Å². The van der Waals surface area contributed by atoms with E-state index in [9.17, 15) is 14.4 Å². The van der Waals surface area contributed by atoms with Crippen LogP contribution in [-0.2, 0) is 14.3 Å². The van der Waals surface area contributed by atoms with E-state index >= 15 is 0 Å². The first-order valence-corrected chi connectivity index (χ1v) is 13.4. The maximum absolute atomic E-state index is 13.6. The third kappa shape index (κ3) is 6.14. The lowest BCUT2D eigenvalue weighted by atomic mass is 9.89. The minimum absolute atomic E-state index is 0.0974. The molecule has 3 aliphatic heterocycles. The quantitative estimate of drug-likeness (QED) is 0.310.